The average molecular weight is 332 g/mol. The molecule has 1 unspecified atom stereocenters. The predicted octanol–water partition coefficient (Wildman–Crippen LogP) is 1.02. The zero-order valence-corrected chi connectivity index (χ0v) is 14.5. The van der Waals surface area contributed by atoms with Crippen molar-refractivity contribution >= 4 is 21.8 Å². The first-order chi connectivity index (χ1) is 9.79. The van der Waals surface area contributed by atoms with E-state index in [-0.39, 0.29) is 4.75 Å². The lowest BCUT2D eigenvalue weighted by atomic mass is 10.1. The summed E-state index contributed by atoms with van der Waals surface area (Å²) in [5.74, 6) is 1.10. The second-order valence-corrected chi connectivity index (χ2v) is 9.12. The van der Waals surface area contributed by atoms with Gasteiger partial charge in [-0.05, 0) is 39.4 Å². The molecule has 1 saturated heterocycles. The van der Waals surface area contributed by atoms with Crippen LogP contribution in [0.3, 0.4) is 0 Å². The Balaban J connectivity index is 2.19. The van der Waals surface area contributed by atoms with Crippen molar-refractivity contribution in [3.63, 3.8) is 0 Å². The molecule has 0 bridgehead atoms. The molecular formula is C13H24N4O2S2. The van der Waals surface area contributed by atoms with Gasteiger partial charge in [-0.2, -0.15) is 16.9 Å². The van der Waals surface area contributed by atoms with Crippen LogP contribution in [-0.4, -0.2) is 41.8 Å². The molecule has 6 nitrogen and oxygen atoms in total. The Morgan fingerprint density at radius 1 is 1.48 bits per heavy atom. The summed E-state index contributed by atoms with van der Waals surface area (Å²) in [4.78, 5) is 0.294. The zero-order valence-electron chi connectivity index (χ0n) is 12.8. The first-order valence-electron chi connectivity index (χ1n) is 7.17. The van der Waals surface area contributed by atoms with E-state index in [0.717, 1.165) is 18.6 Å². The maximum atomic E-state index is 12.6. The van der Waals surface area contributed by atoms with Gasteiger partial charge in [-0.15, -0.1) is 0 Å². The first kappa shape index (κ1) is 16.8. The molecular weight excluding hydrogens is 308 g/mol. The van der Waals surface area contributed by atoms with Gasteiger partial charge in [0.1, 0.15) is 4.90 Å². The molecule has 3 N–H and O–H groups in total. The highest BCUT2D eigenvalue weighted by Gasteiger charge is 2.32. The highest BCUT2D eigenvalue weighted by Crippen LogP contribution is 2.37. The number of sulfonamides is 1. The summed E-state index contributed by atoms with van der Waals surface area (Å²) < 4.78 is 29.6. The minimum Gasteiger partial charge on any atom is -0.329 e. The highest BCUT2D eigenvalue weighted by molar-refractivity contribution is 8.01. The maximum Gasteiger partial charge on any atom is 0.244 e. The Morgan fingerprint density at radius 3 is 2.76 bits per heavy atom. The summed E-state index contributed by atoms with van der Waals surface area (Å²) in [5, 5.41) is 4.28. The van der Waals surface area contributed by atoms with Crippen LogP contribution < -0.4 is 10.5 Å². The minimum atomic E-state index is -3.53. The lowest BCUT2D eigenvalue weighted by molar-refractivity contribution is 0.550. The van der Waals surface area contributed by atoms with E-state index < -0.39 is 10.0 Å². The van der Waals surface area contributed by atoms with Crippen LogP contribution in [-0.2, 0) is 16.6 Å². The van der Waals surface area contributed by atoms with Crippen LogP contribution in [0.5, 0.6) is 0 Å². The standard InChI is InChI=1S/C13H24N4O2S2/c1-10-12(11(2)17(16-10)7-6-14)21(18,19)15-9-13(3)5-4-8-20-13/h15H,4-9,14H2,1-3H3. The van der Waals surface area contributed by atoms with Crippen molar-refractivity contribution in [1.82, 2.24) is 14.5 Å². The van der Waals surface area contributed by atoms with Gasteiger partial charge in [0.05, 0.1) is 17.9 Å². The van der Waals surface area contributed by atoms with E-state index in [0.29, 0.717) is 35.9 Å². The van der Waals surface area contributed by atoms with E-state index in [1.807, 2.05) is 11.8 Å². The van der Waals surface area contributed by atoms with Crippen LogP contribution in [0.25, 0.3) is 0 Å². The van der Waals surface area contributed by atoms with Crippen LogP contribution in [0, 0.1) is 13.8 Å². The Morgan fingerprint density at radius 2 is 2.19 bits per heavy atom. The molecule has 1 atom stereocenters. The Kier molecular flexibility index (Phi) is 5.02. The number of nitrogens with two attached hydrogens (primary N) is 1. The summed E-state index contributed by atoms with van der Waals surface area (Å²) >= 11 is 1.84. The van der Waals surface area contributed by atoms with Crippen LogP contribution in [0.2, 0.25) is 0 Å². The van der Waals surface area contributed by atoms with Crippen molar-refractivity contribution in [1.29, 1.82) is 0 Å². The monoisotopic (exact) mass is 332 g/mol. The quantitative estimate of drug-likeness (QED) is 0.812. The Bertz CT molecular complexity index is 604. The van der Waals surface area contributed by atoms with Crippen molar-refractivity contribution in [3.8, 4) is 0 Å². The molecule has 2 heterocycles. The fraction of sp³-hybridized carbons (Fsp3) is 0.769. The molecule has 0 aliphatic carbocycles. The predicted molar refractivity (Wildman–Crippen MR) is 86.0 cm³/mol. The number of nitrogens with one attached hydrogen (secondary N) is 1. The van der Waals surface area contributed by atoms with Crippen LogP contribution in [0.15, 0.2) is 4.90 Å². The van der Waals surface area contributed by atoms with Gasteiger partial charge < -0.3 is 5.73 Å². The summed E-state index contributed by atoms with van der Waals surface area (Å²) in [6.45, 7) is 7.03. The minimum absolute atomic E-state index is 0.00212. The largest absolute Gasteiger partial charge is 0.329 e. The van der Waals surface area contributed by atoms with Gasteiger partial charge in [0.25, 0.3) is 0 Å². The Hall–Kier alpha value is -0.570. The molecule has 0 radical (unpaired) electrons. The first-order valence-corrected chi connectivity index (χ1v) is 9.64. The van der Waals surface area contributed by atoms with Gasteiger partial charge in [-0.1, -0.05) is 0 Å². The molecule has 1 aliphatic rings. The second-order valence-electron chi connectivity index (χ2n) is 5.74. The molecule has 0 amide bonds. The molecule has 1 aromatic heterocycles. The molecule has 1 fully saturated rings. The van der Waals surface area contributed by atoms with Crippen LogP contribution in [0.1, 0.15) is 31.2 Å². The van der Waals surface area contributed by atoms with Gasteiger partial charge in [0.2, 0.25) is 10.0 Å². The van der Waals surface area contributed by atoms with E-state index in [1.165, 1.54) is 0 Å². The normalized spacial score (nSPS) is 22.9. The number of rotatable bonds is 6. The van der Waals surface area contributed by atoms with Gasteiger partial charge >= 0.3 is 0 Å². The molecule has 8 heteroatoms. The van der Waals surface area contributed by atoms with E-state index in [1.54, 1.807) is 18.5 Å². The van der Waals surface area contributed by atoms with Gasteiger partial charge in [-0.3, -0.25) is 4.68 Å². The van der Waals surface area contributed by atoms with Crippen molar-refractivity contribution in [2.24, 2.45) is 5.73 Å². The molecule has 21 heavy (non-hydrogen) atoms. The lowest BCUT2D eigenvalue weighted by Gasteiger charge is -2.22. The molecule has 1 aliphatic heterocycles. The third-order valence-corrected chi connectivity index (χ3v) is 7.05. The van der Waals surface area contributed by atoms with E-state index in [4.69, 9.17) is 5.73 Å². The molecule has 0 saturated carbocycles. The third-order valence-electron chi connectivity index (χ3n) is 3.86. The number of hydrogen-bond acceptors (Lipinski definition) is 5. The molecule has 0 spiro atoms. The van der Waals surface area contributed by atoms with E-state index in [9.17, 15) is 8.42 Å². The van der Waals surface area contributed by atoms with Crippen LogP contribution in [0.4, 0.5) is 0 Å². The molecule has 0 aromatic carbocycles. The Labute approximate surface area is 130 Å². The van der Waals surface area contributed by atoms with Gasteiger partial charge in [0.15, 0.2) is 0 Å². The average Bonchev–Trinajstić information content (AvgIpc) is 2.94. The van der Waals surface area contributed by atoms with Crippen molar-refractivity contribution in [2.75, 3.05) is 18.8 Å². The lowest BCUT2D eigenvalue weighted by Crippen LogP contribution is -2.37. The summed E-state index contributed by atoms with van der Waals surface area (Å²) in [6.07, 6.45) is 2.19. The smallest absolute Gasteiger partial charge is 0.244 e. The number of hydrogen-bond donors (Lipinski definition) is 2. The zero-order chi connectivity index (χ0) is 15.7. The third kappa shape index (κ3) is 3.61. The SMILES string of the molecule is Cc1nn(CCN)c(C)c1S(=O)(=O)NCC1(C)CCCS1. The van der Waals surface area contributed by atoms with Crippen molar-refractivity contribution in [3.05, 3.63) is 11.4 Å². The fourth-order valence-electron chi connectivity index (χ4n) is 2.71. The van der Waals surface area contributed by atoms with Crippen molar-refractivity contribution < 1.29 is 8.42 Å². The van der Waals surface area contributed by atoms with Gasteiger partial charge in [-0.25, -0.2) is 13.1 Å². The molecule has 2 rings (SSSR count). The number of nitrogens with zero attached hydrogens (tertiary/aromatic N) is 2. The number of aromatic nitrogens is 2. The number of thioether (sulfide) groups is 1. The molecule has 1 aromatic rings. The summed E-state index contributed by atoms with van der Waals surface area (Å²) in [5.41, 5.74) is 6.70. The summed E-state index contributed by atoms with van der Waals surface area (Å²) in [6, 6.07) is 0. The fourth-order valence-corrected chi connectivity index (χ4v) is 5.62. The summed E-state index contributed by atoms with van der Waals surface area (Å²) in [7, 11) is -3.53. The maximum absolute atomic E-state index is 12.6. The molecule has 120 valence electrons. The van der Waals surface area contributed by atoms with E-state index >= 15 is 0 Å². The van der Waals surface area contributed by atoms with Gasteiger partial charge in [0, 0.05) is 17.8 Å². The second kappa shape index (κ2) is 6.28. The van der Waals surface area contributed by atoms with Crippen LogP contribution >= 0.6 is 11.8 Å². The van der Waals surface area contributed by atoms with Crippen molar-refractivity contribution in [2.45, 2.75) is 49.8 Å². The van der Waals surface area contributed by atoms with E-state index in [2.05, 4.69) is 16.7 Å². The number of aryl methyl sites for hydroxylation is 1. The highest BCUT2D eigenvalue weighted by atomic mass is 32.2. The topological polar surface area (TPSA) is 90.0 Å².